The van der Waals surface area contributed by atoms with Crippen LogP contribution in [0, 0.1) is 5.41 Å². The molecule has 0 bridgehead atoms. The molecule has 0 radical (unpaired) electrons. The Hall–Kier alpha value is -4.62. The number of amides is 3. The van der Waals surface area contributed by atoms with Gasteiger partial charge in [0.2, 0.25) is 0 Å². The quantitative estimate of drug-likeness (QED) is 0.191. The number of benzene rings is 4. The molecule has 41 heavy (non-hydrogen) atoms. The smallest absolute Gasteiger partial charge is 0.323 e. The predicted molar refractivity (Wildman–Crippen MR) is 166 cm³/mol. The van der Waals surface area contributed by atoms with Gasteiger partial charge in [0.25, 0.3) is 5.91 Å². The Morgan fingerprint density at radius 2 is 1.29 bits per heavy atom. The summed E-state index contributed by atoms with van der Waals surface area (Å²) in [4.78, 5) is 28.4. The van der Waals surface area contributed by atoms with Crippen LogP contribution < -0.4 is 20.7 Å². The molecule has 7 heteroatoms. The molecular weight excluding hydrogens is 512 g/mol. The Bertz CT molecular complexity index is 1390. The Labute approximate surface area is 242 Å². The van der Waals surface area contributed by atoms with E-state index in [1.165, 1.54) is 0 Å². The zero-order valence-corrected chi connectivity index (χ0v) is 24.1. The van der Waals surface area contributed by atoms with Gasteiger partial charge in [-0.1, -0.05) is 92.7 Å². The van der Waals surface area contributed by atoms with Crippen molar-refractivity contribution in [1.29, 1.82) is 0 Å². The summed E-state index contributed by atoms with van der Waals surface area (Å²) in [6.45, 7) is 5.49. The van der Waals surface area contributed by atoms with Crippen molar-refractivity contribution in [3.63, 3.8) is 0 Å². The summed E-state index contributed by atoms with van der Waals surface area (Å²) >= 11 is 0. The summed E-state index contributed by atoms with van der Waals surface area (Å²) in [5.74, 6) is 0.137. The minimum atomic E-state index is -0.436. The van der Waals surface area contributed by atoms with Crippen LogP contribution in [-0.2, 0) is 0 Å². The summed E-state index contributed by atoms with van der Waals surface area (Å²) in [6.07, 6.45) is -0.436. The van der Waals surface area contributed by atoms with Gasteiger partial charge in [0.1, 0.15) is 11.9 Å². The number of ether oxygens (including phenoxy) is 1. The van der Waals surface area contributed by atoms with E-state index < -0.39 is 12.1 Å². The van der Waals surface area contributed by atoms with Crippen molar-refractivity contribution < 1.29 is 14.3 Å². The van der Waals surface area contributed by atoms with Crippen LogP contribution >= 0.6 is 0 Å². The van der Waals surface area contributed by atoms with Crippen molar-refractivity contribution >= 4 is 23.3 Å². The molecular formula is C34H38N4O3. The highest BCUT2D eigenvalue weighted by Crippen LogP contribution is 2.32. The fourth-order valence-corrected chi connectivity index (χ4v) is 4.74. The molecule has 3 amide bonds. The Morgan fingerprint density at radius 1 is 0.756 bits per heavy atom. The van der Waals surface area contributed by atoms with Crippen LogP contribution in [0.25, 0.3) is 0 Å². The van der Waals surface area contributed by atoms with E-state index in [0.29, 0.717) is 29.2 Å². The third-order valence-electron chi connectivity index (χ3n) is 6.43. The van der Waals surface area contributed by atoms with E-state index in [4.69, 9.17) is 4.74 Å². The second-order valence-electron chi connectivity index (χ2n) is 11.1. The maximum atomic E-state index is 13.6. The first-order chi connectivity index (χ1) is 19.7. The summed E-state index contributed by atoms with van der Waals surface area (Å²) in [6, 6.07) is 33.7. The van der Waals surface area contributed by atoms with Crippen LogP contribution in [0.15, 0.2) is 109 Å². The zero-order chi connectivity index (χ0) is 29.2. The number of hydrogen-bond donors (Lipinski definition) is 3. The van der Waals surface area contributed by atoms with Gasteiger partial charge in [-0.05, 0) is 61.0 Å². The molecule has 0 saturated heterocycles. The van der Waals surface area contributed by atoms with E-state index in [9.17, 15) is 9.59 Å². The van der Waals surface area contributed by atoms with E-state index in [-0.39, 0.29) is 11.3 Å². The highest BCUT2D eigenvalue weighted by molar-refractivity contribution is 6.02. The number of urea groups is 1. The van der Waals surface area contributed by atoms with Crippen molar-refractivity contribution in [2.45, 2.75) is 20.0 Å². The average molecular weight is 551 g/mol. The third kappa shape index (κ3) is 8.68. The summed E-state index contributed by atoms with van der Waals surface area (Å²) in [5.41, 5.74) is 3.24. The first kappa shape index (κ1) is 29.4. The Morgan fingerprint density at radius 3 is 1.85 bits per heavy atom. The Kier molecular flexibility index (Phi) is 9.77. The lowest BCUT2D eigenvalue weighted by Crippen LogP contribution is -2.40. The van der Waals surface area contributed by atoms with Crippen molar-refractivity contribution in [3.8, 4) is 5.75 Å². The molecule has 0 fully saturated rings. The molecule has 7 nitrogen and oxygen atoms in total. The van der Waals surface area contributed by atoms with E-state index in [2.05, 4.69) is 34.7 Å². The minimum Gasteiger partial charge on any atom is -0.480 e. The van der Waals surface area contributed by atoms with Gasteiger partial charge in [0.05, 0.1) is 5.56 Å². The van der Waals surface area contributed by atoms with Crippen molar-refractivity contribution in [3.05, 3.63) is 126 Å². The predicted octanol–water partition coefficient (Wildman–Crippen LogP) is 6.82. The molecule has 0 aliphatic carbocycles. The van der Waals surface area contributed by atoms with Crippen molar-refractivity contribution in [2.24, 2.45) is 5.41 Å². The van der Waals surface area contributed by atoms with Gasteiger partial charge >= 0.3 is 6.03 Å². The highest BCUT2D eigenvalue weighted by Gasteiger charge is 2.24. The second-order valence-corrected chi connectivity index (χ2v) is 11.1. The summed E-state index contributed by atoms with van der Waals surface area (Å²) in [7, 11) is 4.02. The van der Waals surface area contributed by atoms with Crippen LogP contribution in [-0.4, -0.2) is 44.0 Å². The molecule has 0 spiro atoms. The molecule has 0 unspecified atom stereocenters. The zero-order valence-electron chi connectivity index (χ0n) is 24.1. The molecule has 3 N–H and O–H groups in total. The lowest BCUT2D eigenvalue weighted by Gasteiger charge is -2.28. The van der Waals surface area contributed by atoms with Gasteiger partial charge in [0.15, 0.2) is 0 Å². The van der Waals surface area contributed by atoms with Gasteiger partial charge in [-0.2, -0.15) is 0 Å². The first-order valence-corrected chi connectivity index (χ1v) is 13.7. The van der Waals surface area contributed by atoms with Gasteiger partial charge in [-0.25, -0.2) is 4.79 Å². The molecule has 4 rings (SSSR count). The topological polar surface area (TPSA) is 82.7 Å². The number of para-hydroxylation sites is 1. The normalized spacial score (nSPS) is 11.3. The van der Waals surface area contributed by atoms with Crippen LogP contribution in [0.4, 0.5) is 16.2 Å². The van der Waals surface area contributed by atoms with Gasteiger partial charge < -0.3 is 25.6 Å². The second kappa shape index (κ2) is 13.6. The number of nitrogens with zero attached hydrogens (tertiary/aromatic N) is 1. The van der Waals surface area contributed by atoms with E-state index >= 15 is 0 Å². The van der Waals surface area contributed by atoms with Crippen molar-refractivity contribution in [2.75, 3.05) is 37.8 Å². The number of carbonyl (C=O) groups is 2. The van der Waals surface area contributed by atoms with Gasteiger partial charge in [0, 0.05) is 24.5 Å². The lowest BCUT2D eigenvalue weighted by molar-refractivity contribution is 0.0923. The molecule has 4 aromatic carbocycles. The number of rotatable bonds is 11. The summed E-state index contributed by atoms with van der Waals surface area (Å²) in [5, 5.41) is 8.73. The van der Waals surface area contributed by atoms with E-state index in [0.717, 1.165) is 17.7 Å². The van der Waals surface area contributed by atoms with Crippen LogP contribution in [0.5, 0.6) is 5.75 Å². The first-order valence-electron chi connectivity index (χ1n) is 13.7. The highest BCUT2D eigenvalue weighted by atomic mass is 16.5. The van der Waals surface area contributed by atoms with Crippen molar-refractivity contribution in [1.82, 2.24) is 10.2 Å². The Balaban J connectivity index is 1.64. The molecule has 0 aliphatic heterocycles. The molecule has 4 aromatic rings. The third-order valence-corrected chi connectivity index (χ3v) is 6.43. The van der Waals surface area contributed by atoms with E-state index in [1.807, 2.05) is 93.0 Å². The number of carbonyl (C=O) groups excluding carboxylic acids is 2. The fourth-order valence-electron chi connectivity index (χ4n) is 4.74. The maximum Gasteiger partial charge on any atom is 0.323 e. The number of hydrogen-bond acceptors (Lipinski definition) is 4. The molecule has 0 aromatic heterocycles. The lowest BCUT2D eigenvalue weighted by atomic mass is 9.93. The number of anilines is 2. The van der Waals surface area contributed by atoms with Gasteiger partial charge in [-0.15, -0.1) is 0 Å². The molecule has 212 valence electrons. The van der Waals surface area contributed by atoms with Crippen LogP contribution in [0.3, 0.4) is 0 Å². The minimum absolute atomic E-state index is 0.151. The monoisotopic (exact) mass is 550 g/mol. The molecule has 0 atom stereocenters. The standard InChI is InChI=1S/C34H38N4O3/c1-34(2,24-38(3)4)23-35-32(39)29-22-28(37-33(40)36-27-18-12-7-13-19-27)20-21-30(29)41-31(25-14-8-5-9-15-25)26-16-10-6-11-17-26/h5-22,31H,23-24H2,1-4H3,(H,35,39)(H2,36,37,40). The largest absolute Gasteiger partial charge is 0.480 e. The van der Waals surface area contributed by atoms with E-state index in [1.54, 1.807) is 30.3 Å². The molecule has 0 saturated carbocycles. The molecule has 0 aliphatic rings. The number of nitrogens with one attached hydrogen (secondary N) is 3. The average Bonchev–Trinajstić information content (AvgIpc) is 2.96. The van der Waals surface area contributed by atoms with Gasteiger partial charge in [-0.3, -0.25) is 4.79 Å². The summed E-state index contributed by atoms with van der Waals surface area (Å²) < 4.78 is 6.59. The molecule has 0 heterocycles. The van der Waals surface area contributed by atoms with Crippen LogP contribution in [0.1, 0.15) is 41.4 Å². The fraction of sp³-hybridized carbons (Fsp3) is 0.235. The van der Waals surface area contributed by atoms with Crippen LogP contribution in [0.2, 0.25) is 0 Å². The maximum absolute atomic E-state index is 13.6. The SMILES string of the molecule is CN(C)CC(C)(C)CNC(=O)c1cc(NC(=O)Nc2ccccc2)ccc1OC(c1ccccc1)c1ccccc1.